The van der Waals surface area contributed by atoms with Crippen LogP contribution in [0.25, 0.3) is 0 Å². The van der Waals surface area contributed by atoms with Gasteiger partial charge in [-0.05, 0) is 24.6 Å². The lowest BCUT2D eigenvalue weighted by atomic mass is 10.1. The van der Waals surface area contributed by atoms with Gasteiger partial charge in [0.15, 0.2) is 0 Å². The maximum atomic E-state index is 11.6. The number of aliphatic hydroxyl groups is 1. The average Bonchev–Trinajstić information content (AvgIpc) is 2.40. The van der Waals surface area contributed by atoms with Crippen LogP contribution in [0.4, 0.5) is 0 Å². The highest BCUT2D eigenvalue weighted by Gasteiger charge is 2.17. The van der Waals surface area contributed by atoms with Crippen LogP contribution in [-0.4, -0.2) is 24.2 Å². The SMILES string of the molecule is C[C@H](O)c1ccc2c(c1)C(=O)NCCO2. The lowest BCUT2D eigenvalue weighted by Crippen LogP contribution is -2.24. The number of carbonyl (C=O) groups excluding carboxylic acids is 1. The maximum Gasteiger partial charge on any atom is 0.255 e. The zero-order valence-corrected chi connectivity index (χ0v) is 8.49. The Morgan fingerprint density at radius 2 is 2.33 bits per heavy atom. The number of hydrogen-bond acceptors (Lipinski definition) is 3. The number of benzene rings is 1. The first-order valence-corrected chi connectivity index (χ1v) is 4.91. The molecule has 0 aromatic heterocycles. The Kier molecular flexibility index (Phi) is 2.60. The van der Waals surface area contributed by atoms with E-state index in [1.807, 2.05) is 0 Å². The van der Waals surface area contributed by atoms with E-state index in [0.717, 1.165) is 5.56 Å². The van der Waals surface area contributed by atoms with Crippen LogP contribution < -0.4 is 10.1 Å². The van der Waals surface area contributed by atoms with Gasteiger partial charge in [-0.3, -0.25) is 4.79 Å². The van der Waals surface area contributed by atoms with E-state index in [9.17, 15) is 9.90 Å². The molecule has 1 aromatic carbocycles. The van der Waals surface area contributed by atoms with Gasteiger partial charge in [0.1, 0.15) is 12.4 Å². The number of rotatable bonds is 1. The van der Waals surface area contributed by atoms with Gasteiger partial charge in [-0.15, -0.1) is 0 Å². The second-order valence-corrected chi connectivity index (χ2v) is 3.54. The van der Waals surface area contributed by atoms with Crippen LogP contribution in [0.15, 0.2) is 18.2 Å². The number of nitrogens with one attached hydrogen (secondary N) is 1. The number of aliphatic hydroxyl groups excluding tert-OH is 1. The molecule has 0 spiro atoms. The summed E-state index contributed by atoms with van der Waals surface area (Å²) in [6.45, 7) is 2.65. The number of hydrogen-bond donors (Lipinski definition) is 2. The van der Waals surface area contributed by atoms with Crippen molar-refractivity contribution in [1.82, 2.24) is 5.32 Å². The zero-order valence-electron chi connectivity index (χ0n) is 8.49. The van der Waals surface area contributed by atoms with E-state index in [2.05, 4.69) is 5.32 Å². The topological polar surface area (TPSA) is 58.6 Å². The molecule has 1 amide bonds. The van der Waals surface area contributed by atoms with Crippen molar-refractivity contribution in [3.8, 4) is 5.75 Å². The molecule has 2 rings (SSSR count). The fourth-order valence-electron chi connectivity index (χ4n) is 1.53. The molecule has 0 fully saturated rings. The second-order valence-electron chi connectivity index (χ2n) is 3.54. The Hall–Kier alpha value is -1.55. The molecule has 15 heavy (non-hydrogen) atoms. The highest BCUT2D eigenvalue weighted by atomic mass is 16.5. The van der Waals surface area contributed by atoms with E-state index in [0.29, 0.717) is 24.5 Å². The van der Waals surface area contributed by atoms with E-state index in [4.69, 9.17) is 4.74 Å². The molecule has 1 heterocycles. The Morgan fingerprint density at radius 3 is 3.07 bits per heavy atom. The highest BCUT2D eigenvalue weighted by Crippen LogP contribution is 2.24. The minimum Gasteiger partial charge on any atom is -0.491 e. The molecule has 0 aliphatic carbocycles. The van der Waals surface area contributed by atoms with Gasteiger partial charge in [0.05, 0.1) is 18.2 Å². The Bertz CT molecular complexity index is 387. The largest absolute Gasteiger partial charge is 0.491 e. The zero-order chi connectivity index (χ0) is 10.8. The van der Waals surface area contributed by atoms with Crippen molar-refractivity contribution in [2.75, 3.05) is 13.2 Å². The van der Waals surface area contributed by atoms with Crippen LogP contribution in [0.1, 0.15) is 28.9 Å². The van der Waals surface area contributed by atoms with Gasteiger partial charge >= 0.3 is 0 Å². The van der Waals surface area contributed by atoms with Gasteiger partial charge in [0.25, 0.3) is 5.91 Å². The van der Waals surface area contributed by atoms with Gasteiger partial charge in [-0.1, -0.05) is 6.07 Å². The molecule has 4 nitrogen and oxygen atoms in total. The first kappa shape index (κ1) is 9.98. The van der Waals surface area contributed by atoms with E-state index in [-0.39, 0.29) is 5.91 Å². The number of amides is 1. The quantitative estimate of drug-likeness (QED) is 0.718. The van der Waals surface area contributed by atoms with Crippen LogP contribution in [0.2, 0.25) is 0 Å². The van der Waals surface area contributed by atoms with Crippen LogP contribution in [0.3, 0.4) is 0 Å². The molecule has 0 saturated heterocycles. The molecular formula is C11H13NO3. The lowest BCUT2D eigenvalue weighted by molar-refractivity contribution is 0.0957. The third kappa shape index (κ3) is 1.94. The monoisotopic (exact) mass is 207 g/mol. The molecule has 0 saturated carbocycles. The predicted molar refractivity (Wildman–Crippen MR) is 54.9 cm³/mol. The molecule has 4 heteroatoms. The van der Waals surface area contributed by atoms with Crippen LogP contribution in [0, 0.1) is 0 Å². The van der Waals surface area contributed by atoms with Crippen molar-refractivity contribution in [3.05, 3.63) is 29.3 Å². The fraction of sp³-hybridized carbons (Fsp3) is 0.364. The van der Waals surface area contributed by atoms with E-state index in [1.165, 1.54) is 0 Å². The summed E-state index contributed by atoms with van der Waals surface area (Å²) in [6.07, 6.45) is -0.577. The molecule has 1 aromatic rings. The highest BCUT2D eigenvalue weighted by molar-refractivity contribution is 5.97. The lowest BCUT2D eigenvalue weighted by Gasteiger charge is -2.09. The average molecular weight is 207 g/mol. The molecule has 2 N–H and O–H groups in total. The minimum absolute atomic E-state index is 0.148. The molecule has 0 bridgehead atoms. The van der Waals surface area contributed by atoms with Gasteiger partial charge in [-0.2, -0.15) is 0 Å². The van der Waals surface area contributed by atoms with Crippen molar-refractivity contribution >= 4 is 5.91 Å². The van der Waals surface area contributed by atoms with Crippen LogP contribution in [0.5, 0.6) is 5.75 Å². The number of fused-ring (bicyclic) bond motifs is 1. The maximum absolute atomic E-state index is 11.6. The van der Waals surface area contributed by atoms with Gasteiger partial charge in [-0.25, -0.2) is 0 Å². The molecule has 1 atom stereocenters. The summed E-state index contributed by atoms with van der Waals surface area (Å²) < 4.78 is 5.39. The smallest absolute Gasteiger partial charge is 0.255 e. The summed E-state index contributed by atoms with van der Waals surface area (Å²) in [5.74, 6) is 0.430. The standard InChI is InChI=1S/C11H13NO3/c1-7(13)8-2-3-10-9(6-8)11(14)12-4-5-15-10/h2-3,6-7,13H,4-5H2,1H3,(H,12,14)/t7-/m0/s1. The normalized spacial score (nSPS) is 17.1. The van der Waals surface area contributed by atoms with Crippen molar-refractivity contribution < 1.29 is 14.6 Å². The number of carbonyl (C=O) groups is 1. The summed E-state index contributed by atoms with van der Waals surface area (Å²) in [6, 6.07) is 5.16. The van der Waals surface area contributed by atoms with Crippen LogP contribution in [-0.2, 0) is 0 Å². The predicted octanol–water partition coefficient (Wildman–Crippen LogP) is 0.862. The minimum atomic E-state index is -0.577. The molecule has 1 aliphatic heterocycles. The van der Waals surface area contributed by atoms with Gasteiger partial charge < -0.3 is 15.2 Å². The first-order chi connectivity index (χ1) is 7.18. The van der Waals surface area contributed by atoms with E-state index >= 15 is 0 Å². The van der Waals surface area contributed by atoms with Crippen molar-refractivity contribution in [2.24, 2.45) is 0 Å². The Balaban J connectivity index is 2.44. The molecular weight excluding hydrogens is 194 g/mol. The summed E-state index contributed by atoms with van der Waals surface area (Å²) in [4.78, 5) is 11.6. The summed E-state index contributed by atoms with van der Waals surface area (Å²) in [7, 11) is 0. The Labute approximate surface area is 87.9 Å². The first-order valence-electron chi connectivity index (χ1n) is 4.91. The van der Waals surface area contributed by atoms with Crippen molar-refractivity contribution in [3.63, 3.8) is 0 Å². The van der Waals surface area contributed by atoms with Crippen LogP contribution >= 0.6 is 0 Å². The summed E-state index contributed by atoms with van der Waals surface area (Å²) >= 11 is 0. The fourth-order valence-corrected chi connectivity index (χ4v) is 1.53. The number of ether oxygens (including phenoxy) is 1. The molecule has 1 aliphatic rings. The summed E-state index contributed by atoms with van der Waals surface area (Å²) in [5.41, 5.74) is 1.21. The van der Waals surface area contributed by atoms with E-state index in [1.54, 1.807) is 25.1 Å². The summed E-state index contributed by atoms with van der Waals surface area (Å²) in [5, 5.41) is 12.1. The third-order valence-electron chi connectivity index (χ3n) is 2.38. The molecule has 80 valence electrons. The van der Waals surface area contributed by atoms with Crippen molar-refractivity contribution in [1.29, 1.82) is 0 Å². The molecule has 0 unspecified atom stereocenters. The Morgan fingerprint density at radius 1 is 1.53 bits per heavy atom. The van der Waals surface area contributed by atoms with Gasteiger partial charge in [0, 0.05) is 0 Å². The molecule has 0 radical (unpaired) electrons. The van der Waals surface area contributed by atoms with Crippen molar-refractivity contribution in [2.45, 2.75) is 13.0 Å². The second kappa shape index (κ2) is 3.90. The van der Waals surface area contributed by atoms with E-state index < -0.39 is 6.10 Å². The third-order valence-corrected chi connectivity index (χ3v) is 2.38. The van der Waals surface area contributed by atoms with Gasteiger partial charge in [0.2, 0.25) is 0 Å².